The van der Waals surface area contributed by atoms with Gasteiger partial charge in [0.2, 0.25) is 0 Å². The van der Waals surface area contributed by atoms with Crippen LogP contribution < -0.4 is 9.80 Å². The van der Waals surface area contributed by atoms with Crippen molar-refractivity contribution in [3.63, 3.8) is 0 Å². The average molecular weight is 669 g/mol. The van der Waals surface area contributed by atoms with E-state index >= 15 is 0 Å². The van der Waals surface area contributed by atoms with Gasteiger partial charge in [-0.25, -0.2) is 0 Å². The van der Waals surface area contributed by atoms with Gasteiger partial charge in [-0.3, -0.25) is 0 Å². The molecule has 0 radical (unpaired) electrons. The molecule has 0 atom stereocenters. The van der Waals surface area contributed by atoms with Crippen molar-refractivity contribution in [2.24, 2.45) is 0 Å². The first-order valence-electron chi connectivity index (χ1n) is 17.8. The number of para-hydroxylation sites is 5. The van der Waals surface area contributed by atoms with Gasteiger partial charge in [-0.1, -0.05) is 140 Å². The smallest absolute Gasteiger partial charge is 0.143 e. The SMILES string of the molecule is C1=CCC=C(N(c2ccccc2)c2ccc(-c3cccc4c3oc3c(-c5ccc(N(c6ccccc6)c6ccccc6)cc5)cccc34)cc2)C=C1. The number of nitrogens with zero attached hydrogens (tertiary/aromatic N) is 2. The van der Waals surface area contributed by atoms with Crippen molar-refractivity contribution in [3.05, 3.63) is 212 Å². The van der Waals surface area contributed by atoms with Gasteiger partial charge in [-0.05, 0) is 84.3 Å². The Kier molecular flexibility index (Phi) is 8.28. The Hall–Kier alpha value is -6.84. The maximum atomic E-state index is 6.85. The van der Waals surface area contributed by atoms with Gasteiger partial charge in [-0.2, -0.15) is 0 Å². The highest BCUT2D eigenvalue weighted by Crippen LogP contribution is 2.42. The minimum atomic E-state index is 0.893. The molecule has 1 aliphatic rings. The zero-order valence-corrected chi connectivity index (χ0v) is 28.6. The van der Waals surface area contributed by atoms with Crippen LogP contribution in [0.3, 0.4) is 0 Å². The minimum Gasteiger partial charge on any atom is -0.455 e. The van der Waals surface area contributed by atoms with E-state index in [1.54, 1.807) is 0 Å². The number of rotatable bonds is 8. The molecule has 0 fully saturated rings. The molecule has 0 saturated heterocycles. The molecule has 0 N–H and O–H groups in total. The fraction of sp³-hybridized carbons (Fsp3) is 0.0204. The highest BCUT2D eigenvalue weighted by Gasteiger charge is 2.18. The monoisotopic (exact) mass is 668 g/mol. The van der Waals surface area contributed by atoms with E-state index in [0.29, 0.717) is 0 Å². The maximum absolute atomic E-state index is 6.85. The third-order valence-electron chi connectivity index (χ3n) is 9.68. The van der Waals surface area contributed by atoms with E-state index in [4.69, 9.17) is 4.42 Å². The summed E-state index contributed by atoms with van der Waals surface area (Å²) in [6.07, 6.45) is 11.7. The van der Waals surface area contributed by atoms with E-state index in [2.05, 4.69) is 216 Å². The minimum absolute atomic E-state index is 0.893. The molecule has 9 rings (SSSR count). The van der Waals surface area contributed by atoms with E-state index in [-0.39, 0.29) is 0 Å². The lowest BCUT2D eigenvalue weighted by Crippen LogP contribution is -2.15. The molecule has 8 aromatic rings. The second-order valence-electron chi connectivity index (χ2n) is 12.9. The van der Waals surface area contributed by atoms with E-state index in [9.17, 15) is 0 Å². The number of anilines is 5. The lowest BCUT2D eigenvalue weighted by Gasteiger charge is -2.26. The highest BCUT2D eigenvalue weighted by atomic mass is 16.3. The molecule has 52 heavy (non-hydrogen) atoms. The van der Waals surface area contributed by atoms with Gasteiger partial charge in [0.05, 0.1) is 0 Å². The quantitative estimate of drug-likeness (QED) is 0.161. The Labute approximate surface area is 304 Å². The molecule has 1 heterocycles. The summed E-state index contributed by atoms with van der Waals surface area (Å²) < 4.78 is 6.85. The van der Waals surface area contributed by atoms with E-state index in [1.165, 1.54) is 0 Å². The summed E-state index contributed by atoms with van der Waals surface area (Å²) in [7, 11) is 0. The molecule has 248 valence electrons. The van der Waals surface area contributed by atoms with Gasteiger partial charge in [0.1, 0.15) is 11.2 Å². The van der Waals surface area contributed by atoms with Gasteiger partial charge < -0.3 is 14.2 Å². The normalized spacial score (nSPS) is 12.5. The van der Waals surface area contributed by atoms with Crippen LogP contribution in [0.5, 0.6) is 0 Å². The van der Waals surface area contributed by atoms with Crippen LogP contribution in [0.2, 0.25) is 0 Å². The van der Waals surface area contributed by atoms with E-state index in [1.807, 2.05) is 0 Å². The fourth-order valence-corrected chi connectivity index (χ4v) is 7.21. The van der Waals surface area contributed by atoms with Crippen molar-refractivity contribution >= 4 is 50.4 Å². The molecule has 3 heteroatoms. The van der Waals surface area contributed by atoms with Crippen LogP contribution in [0.4, 0.5) is 28.4 Å². The predicted octanol–water partition coefficient (Wildman–Crippen LogP) is 13.9. The molecule has 0 saturated carbocycles. The van der Waals surface area contributed by atoms with Crippen LogP contribution in [-0.2, 0) is 0 Å². The van der Waals surface area contributed by atoms with Crippen molar-refractivity contribution in [3.8, 4) is 22.3 Å². The van der Waals surface area contributed by atoms with Crippen molar-refractivity contribution in [2.75, 3.05) is 9.80 Å². The first-order chi connectivity index (χ1) is 25.8. The summed E-state index contributed by atoms with van der Waals surface area (Å²) in [6.45, 7) is 0. The number of furan rings is 1. The first-order valence-corrected chi connectivity index (χ1v) is 17.8. The van der Waals surface area contributed by atoms with Crippen LogP contribution in [-0.4, -0.2) is 0 Å². The topological polar surface area (TPSA) is 19.6 Å². The third kappa shape index (κ3) is 5.89. The molecule has 3 nitrogen and oxygen atoms in total. The van der Waals surface area contributed by atoms with Gasteiger partial charge in [0.25, 0.3) is 0 Å². The third-order valence-corrected chi connectivity index (χ3v) is 9.68. The molecule has 0 unspecified atom stereocenters. The summed E-state index contributed by atoms with van der Waals surface area (Å²) >= 11 is 0. The fourth-order valence-electron chi connectivity index (χ4n) is 7.21. The zero-order valence-electron chi connectivity index (χ0n) is 28.6. The molecule has 1 aromatic heterocycles. The lowest BCUT2D eigenvalue weighted by atomic mass is 9.99. The number of allylic oxidation sites excluding steroid dienone is 5. The van der Waals surface area contributed by atoms with Gasteiger partial charge in [-0.15, -0.1) is 0 Å². The van der Waals surface area contributed by atoms with Crippen LogP contribution in [0.15, 0.2) is 216 Å². The Bertz CT molecular complexity index is 2520. The zero-order chi connectivity index (χ0) is 34.7. The van der Waals surface area contributed by atoms with Crippen LogP contribution in [0, 0.1) is 0 Å². The van der Waals surface area contributed by atoms with Crippen molar-refractivity contribution in [2.45, 2.75) is 6.42 Å². The summed E-state index contributed by atoms with van der Waals surface area (Å²) in [4.78, 5) is 4.59. The predicted molar refractivity (Wildman–Crippen MR) is 219 cm³/mol. The van der Waals surface area contributed by atoms with E-state index in [0.717, 1.165) is 84.7 Å². The summed E-state index contributed by atoms with van der Waals surface area (Å²) in [5, 5.41) is 2.22. The number of hydrogen-bond donors (Lipinski definition) is 0. The van der Waals surface area contributed by atoms with Crippen molar-refractivity contribution in [1.29, 1.82) is 0 Å². The summed E-state index contributed by atoms with van der Waals surface area (Å²) in [5.74, 6) is 0. The standard InChI is InChI=1S/C49H36N2O/c1-2-7-17-38(16-6-1)50(39-18-8-3-9-19-39)42-32-28-36(29-33-42)44-24-14-26-46-47-27-15-25-45(49(47)52-48(44)46)37-30-34-43(35-31-37)51(40-20-10-4-11-21-40)41-22-12-5-13-23-41/h1-6,8-35H,7H2. The highest BCUT2D eigenvalue weighted by molar-refractivity contribution is 6.13. The second kappa shape index (κ2) is 13.8. The second-order valence-corrected chi connectivity index (χ2v) is 12.9. The molecular formula is C49H36N2O. The van der Waals surface area contributed by atoms with E-state index < -0.39 is 0 Å². The first kappa shape index (κ1) is 31.2. The Balaban J connectivity index is 1.08. The number of fused-ring (bicyclic) bond motifs is 3. The van der Waals surface area contributed by atoms with Gasteiger partial charge in [0.15, 0.2) is 0 Å². The Morgan fingerprint density at radius 3 is 1.33 bits per heavy atom. The van der Waals surface area contributed by atoms with Crippen molar-refractivity contribution < 1.29 is 4.42 Å². The number of benzene rings is 7. The Morgan fingerprint density at radius 2 is 0.827 bits per heavy atom. The Morgan fingerprint density at radius 1 is 0.385 bits per heavy atom. The van der Waals surface area contributed by atoms with Gasteiger partial charge >= 0.3 is 0 Å². The molecular weight excluding hydrogens is 633 g/mol. The molecule has 7 aromatic carbocycles. The average Bonchev–Trinajstić information content (AvgIpc) is 3.40. The summed E-state index contributed by atoms with van der Waals surface area (Å²) in [6, 6.07) is 62.1. The molecule has 0 bridgehead atoms. The molecule has 1 aliphatic carbocycles. The van der Waals surface area contributed by atoms with Crippen LogP contribution in [0.25, 0.3) is 44.2 Å². The summed E-state index contributed by atoms with van der Waals surface area (Å²) in [5.41, 5.74) is 12.9. The van der Waals surface area contributed by atoms with Crippen LogP contribution >= 0.6 is 0 Å². The van der Waals surface area contributed by atoms with Crippen molar-refractivity contribution in [1.82, 2.24) is 0 Å². The van der Waals surface area contributed by atoms with Crippen LogP contribution in [0.1, 0.15) is 6.42 Å². The maximum Gasteiger partial charge on any atom is 0.143 e. The molecule has 0 amide bonds. The molecule has 0 aliphatic heterocycles. The largest absolute Gasteiger partial charge is 0.455 e. The lowest BCUT2D eigenvalue weighted by molar-refractivity contribution is 0.671. The molecule has 0 spiro atoms. The number of hydrogen-bond acceptors (Lipinski definition) is 3. The van der Waals surface area contributed by atoms with Gasteiger partial charge in [0, 0.05) is 56.0 Å².